The zero-order valence-electron chi connectivity index (χ0n) is 12.4. The quantitative estimate of drug-likeness (QED) is 0.805. The summed E-state index contributed by atoms with van der Waals surface area (Å²) < 4.78 is 4.73. The lowest BCUT2D eigenvalue weighted by Gasteiger charge is -2.38. The number of nitrogens with one attached hydrogen (secondary N) is 1. The van der Waals surface area contributed by atoms with Crippen molar-refractivity contribution < 1.29 is 9.53 Å². The summed E-state index contributed by atoms with van der Waals surface area (Å²) >= 11 is 0. The van der Waals surface area contributed by atoms with Crippen LogP contribution < -0.4 is 5.32 Å². The standard InChI is InChI=1S/C15H28N2O2/c1-3-4-5-13-8-14(16-15(18)19-2)11-17(10-13)9-12-6-7-12/h12-14H,3-11H2,1-2H3,(H,16,18). The summed E-state index contributed by atoms with van der Waals surface area (Å²) in [4.78, 5) is 13.9. The summed E-state index contributed by atoms with van der Waals surface area (Å²) in [5, 5.41) is 3.00. The van der Waals surface area contributed by atoms with Gasteiger partial charge in [-0.2, -0.15) is 0 Å². The number of nitrogens with zero attached hydrogens (tertiary/aromatic N) is 1. The molecule has 0 bridgehead atoms. The Morgan fingerprint density at radius 1 is 1.32 bits per heavy atom. The molecule has 2 atom stereocenters. The fraction of sp³-hybridized carbons (Fsp3) is 0.933. The molecule has 1 saturated carbocycles. The van der Waals surface area contributed by atoms with Gasteiger partial charge in [0.15, 0.2) is 0 Å². The number of carbonyl (C=O) groups is 1. The van der Waals surface area contributed by atoms with E-state index >= 15 is 0 Å². The van der Waals surface area contributed by atoms with Gasteiger partial charge in [-0.15, -0.1) is 0 Å². The summed E-state index contributed by atoms with van der Waals surface area (Å²) in [7, 11) is 1.44. The van der Waals surface area contributed by atoms with Gasteiger partial charge in [0.1, 0.15) is 0 Å². The zero-order valence-corrected chi connectivity index (χ0v) is 12.4. The molecule has 1 aliphatic heterocycles. The van der Waals surface area contributed by atoms with Crippen LogP contribution in [0, 0.1) is 11.8 Å². The second-order valence-electron chi connectivity index (χ2n) is 6.24. The molecule has 0 spiro atoms. The van der Waals surface area contributed by atoms with Crippen LogP contribution in [-0.4, -0.2) is 43.8 Å². The molecular weight excluding hydrogens is 240 g/mol. The third-order valence-corrected chi connectivity index (χ3v) is 4.30. The largest absolute Gasteiger partial charge is 0.453 e. The van der Waals surface area contributed by atoms with E-state index < -0.39 is 0 Å². The molecule has 1 aliphatic carbocycles. The monoisotopic (exact) mass is 268 g/mol. The molecule has 1 N–H and O–H groups in total. The van der Waals surface area contributed by atoms with Crippen molar-refractivity contribution in [1.29, 1.82) is 0 Å². The maximum Gasteiger partial charge on any atom is 0.407 e. The summed E-state index contributed by atoms with van der Waals surface area (Å²) in [5.74, 6) is 1.65. The summed E-state index contributed by atoms with van der Waals surface area (Å²) in [5.41, 5.74) is 0. The van der Waals surface area contributed by atoms with E-state index in [2.05, 4.69) is 17.1 Å². The summed E-state index contributed by atoms with van der Waals surface area (Å²) in [6.45, 7) is 5.68. The lowest BCUT2D eigenvalue weighted by molar-refractivity contribution is 0.117. The van der Waals surface area contributed by atoms with E-state index in [0.717, 1.165) is 24.8 Å². The van der Waals surface area contributed by atoms with Crippen molar-refractivity contribution >= 4 is 6.09 Å². The van der Waals surface area contributed by atoms with E-state index in [0.29, 0.717) is 0 Å². The average Bonchev–Trinajstić information content (AvgIpc) is 3.20. The van der Waals surface area contributed by atoms with Gasteiger partial charge in [0.2, 0.25) is 0 Å². The molecule has 0 aromatic rings. The van der Waals surface area contributed by atoms with Gasteiger partial charge in [-0.25, -0.2) is 4.79 Å². The molecule has 4 nitrogen and oxygen atoms in total. The zero-order chi connectivity index (χ0) is 13.7. The number of methoxy groups -OCH3 is 1. The highest BCUT2D eigenvalue weighted by Crippen LogP contribution is 2.32. The number of amides is 1. The minimum atomic E-state index is -0.285. The number of ether oxygens (including phenoxy) is 1. The normalized spacial score (nSPS) is 28.1. The molecular formula is C15H28N2O2. The highest BCUT2D eigenvalue weighted by molar-refractivity contribution is 5.67. The molecule has 4 heteroatoms. The van der Waals surface area contributed by atoms with E-state index in [1.807, 2.05) is 0 Å². The number of unbranched alkanes of at least 4 members (excludes halogenated alkanes) is 1. The number of hydrogen-bond acceptors (Lipinski definition) is 3. The smallest absolute Gasteiger partial charge is 0.407 e. The number of likely N-dealkylation sites (tertiary alicyclic amines) is 1. The molecule has 2 rings (SSSR count). The van der Waals surface area contributed by atoms with Crippen molar-refractivity contribution in [3.05, 3.63) is 0 Å². The highest BCUT2D eigenvalue weighted by Gasteiger charge is 2.31. The molecule has 0 aromatic heterocycles. The minimum absolute atomic E-state index is 0.266. The van der Waals surface area contributed by atoms with E-state index in [1.165, 1.54) is 52.3 Å². The maximum absolute atomic E-state index is 11.4. The van der Waals surface area contributed by atoms with E-state index in [1.54, 1.807) is 0 Å². The molecule has 1 amide bonds. The molecule has 2 unspecified atom stereocenters. The van der Waals surface area contributed by atoms with Gasteiger partial charge in [0.25, 0.3) is 0 Å². The number of rotatable bonds is 6. The first kappa shape index (κ1) is 14.6. The molecule has 2 aliphatic rings. The van der Waals surface area contributed by atoms with Crippen LogP contribution in [0.25, 0.3) is 0 Å². The second kappa shape index (κ2) is 7.13. The first-order valence-corrected chi connectivity index (χ1v) is 7.78. The first-order chi connectivity index (χ1) is 9.21. The van der Waals surface area contributed by atoms with Gasteiger partial charge in [-0.05, 0) is 37.5 Å². The van der Waals surface area contributed by atoms with Crippen LogP contribution >= 0.6 is 0 Å². The Kier molecular flexibility index (Phi) is 5.49. The van der Waals surface area contributed by atoms with E-state index in [9.17, 15) is 4.79 Å². The molecule has 19 heavy (non-hydrogen) atoms. The molecule has 2 fully saturated rings. The van der Waals surface area contributed by atoms with Crippen LogP contribution in [0.3, 0.4) is 0 Å². The van der Waals surface area contributed by atoms with Crippen LogP contribution in [0.4, 0.5) is 4.79 Å². The SMILES string of the molecule is CCCCC1CC(NC(=O)OC)CN(CC2CC2)C1. The van der Waals surface area contributed by atoms with E-state index in [-0.39, 0.29) is 12.1 Å². The topological polar surface area (TPSA) is 41.6 Å². The van der Waals surface area contributed by atoms with Crippen molar-refractivity contribution in [3.8, 4) is 0 Å². The van der Waals surface area contributed by atoms with Gasteiger partial charge >= 0.3 is 6.09 Å². The van der Waals surface area contributed by atoms with Gasteiger partial charge in [0.05, 0.1) is 7.11 Å². The Hall–Kier alpha value is -0.770. The molecule has 1 saturated heterocycles. The second-order valence-corrected chi connectivity index (χ2v) is 6.24. The Morgan fingerprint density at radius 3 is 2.74 bits per heavy atom. The maximum atomic E-state index is 11.4. The summed E-state index contributed by atoms with van der Waals surface area (Å²) in [6.07, 6.45) is 7.46. The van der Waals surface area contributed by atoms with Crippen molar-refractivity contribution in [2.24, 2.45) is 11.8 Å². The molecule has 0 aromatic carbocycles. The van der Waals surface area contributed by atoms with Crippen molar-refractivity contribution in [2.75, 3.05) is 26.7 Å². The van der Waals surface area contributed by atoms with Crippen LogP contribution in [0.5, 0.6) is 0 Å². The van der Waals surface area contributed by atoms with Crippen LogP contribution in [0.2, 0.25) is 0 Å². The number of alkyl carbamates (subject to hydrolysis) is 1. The lowest BCUT2D eigenvalue weighted by Crippen LogP contribution is -2.51. The third kappa shape index (κ3) is 5.01. The third-order valence-electron chi connectivity index (χ3n) is 4.30. The number of carbonyl (C=O) groups excluding carboxylic acids is 1. The Balaban J connectivity index is 1.84. The molecule has 110 valence electrons. The number of piperidine rings is 1. The Labute approximate surface area is 116 Å². The molecule has 1 heterocycles. The van der Waals surface area contributed by atoms with Crippen molar-refractivity contribution in [3.63, 3.8) is 0 Å². The van der Waals surface area contributed by atoms with Crippen LogP contribution in [-0.2, 0) is 4.74 Å². The summed E-state index contributed by atoms with van der Waals surface area (Å²) in [6, 6.07) is 0.266. The Bertz CT molecular complexity index is 292. The van der Waals surface area contributed by atoms with Gasteiger partial charge in [0, 0.05) is 25.7 Å². The van der Waals surface area contributed by atoms with Crippen molar-refractivity contribution in [1.82, 2.24) is 10.2 Å². The predicted octanol–water partition coefficient (Wildman–Crippen LogP) is 2.63. The fourth-order valence-corrected chi connectivity index (χ4v) is 3.15. The van der Waals surface area contributed by atoms with Gasteiger partial charge in [-0.3, -0.25) is 0 Å². The fourth-order valence-electron chi connectivity index (χ4n) is 3.15. The van der Waals surface area contributed by atoms with Crippen LogP contribution in [0.15, 0.2) is 0 Å². The average molecular weight is 268 g/mol. The van der Waals surface area contributed by atoms with Crippen molar-refractivity contribution in [2.45, 2.75) is 51.5 Å². The highest BCUT2D eigenvalue weighted by atomic mass is 16.5. The van der Waals surface area contributed by atoms with Gasteiger partial charge < -0.3 is 15.0 Å². The minimum Gasteiger partial charge on any atom is -0.453 e. The number of hydrogen-bond donors (Lipinski definition) is 1. The van der Waals surface area contributed by atoms with E-state index in [4.69, 9.17) is 4.74 Å². The lowest BCUT2D eigenvalue weighted by atomic mass is 9.90. The molecule has 0 radical (unpaired) electrons. The Morgan fingerprint density at radius 2 is 2.11 bits per heavy atom. The first-order valence-electron chi connectivity index (χ1n) is 7.78. The predicted molar refractivity (Wildman–Crippen MR) is 76.1 cm³/mol. The van der Waals surface area contributed by atoms with Crippen LogP contribution in [0.1, 0.15) is 45.4 Å². The van der Waals surface area contributed by atoms with Gasteiger partial charge in [-0.1, -0.05) is 19.8 Å².